The van der Waals surface area contributed by atoms with E-state index in [1.54, 1.807) is 17.0 Å². The van der Waals surface area contributed by atoms with E-state index in [1.807, 2.05) is 20.8 Å². The summed E-state index contributed by atoms with van der Waals surface area (Å²) in [7, 11) is -3.55. The Morgan fingerprint density at radius 3 is 2.34 bits per heavy atom. The highest BCUT2D eigenvalue weighted by atomic mass is 32.2. The van der Waals surface area contributed by atoms with Crippen LogP contribution in [0, 0.1) is 5.92 Å². The summed E-state index contributed by atoms with van der Waals surface area (Å²) in [6.07, 6.45) is 4.20. The van der Waals surface area contributed by atoms with Crippen LogP contribution in [0.3, 0.4) is 0 Å². The number of benzene rings is 1. The Kier molecular flexibility index (Phi) is 7.82. The first-order valence-corrected chi connectivity index (χ1v) is 11.7. The van der Waals surface area contributed by atoms with E-state index in [4.69, 9.17) is 0 Å². The molecule has 2 amide bonds. The summed E-state index contributed by atoms with van der Waals surface area (Å²) in [6.45, 7) is 8.76. The normalized spacial score (nSPS) is 17.6. The molecule has 0 radical (unpaired) electrons. The highest BCUT2D eigenvalue weighted by Gasteiger charge is 2.39. The summed E-state index contributed by atoms with van der Waals surface area (Å²) in [6, 6.07) is 6.10. The largest absolute Gasteiger partial charge is 0.337 e. The maximum Gasteiger partial charge on any atom is 0.240 e. The molecule has 162 valence electrons. The third kappa shape index (κ3) is 6.54. The van der Waals surface area contributed by atoms with Crippen LogP contribution in [0.1, 0.15) is 59.8 Å². The second kappa shape index (κ2) is 9.71. The van der Waals surface area contributed by atoms with Crippen molar-refractivity contribution in [3.63, 3.8) is 0 Å². The van der Waals surface area contributed by atoms with E-state index in [0.29, 0.717) is 18.8 Å². The predicted octanol–water partition coefficient (Wildman–Crippen LogP) is 3.13. The Hall–Kier alpha value is -1.93. The average Bonchev–Trinajstić information content (AvgIpc) is 3.04. The number of nitrogens with zero attached hydrogens (tertiary/aromatic N) is 1. The monoisotopic (exact) mass is 423 g/mol. The summed E-state index contributed by atoms with van der Waals surface area (Å²) in [5.41, 5.74) is 0.199. The van der Waals surface area contributed by atoms with E-state index < -0.39 is 15.9 Å². The van der Waals surface area contributed by atoms with Gasteiger partial charge in [-0.2, -0.15) is 0 Å². The fourth-order valence-electron chi connectivity index (χ4n) is 3.33. The number of unbranched alkanes of at least 4 members (excludes halogenated alkanes) is 3. The van der Waals surface area contributed by atoms with Crippen molar-refractivity contribution < 1.29 is 18.0 Å². The molecule has 0 bridgehead atoms. The molecule has 1 aromatic rings. The molecule has 2 rings (SSSR count). The molecule has 29 heavy (non-hydrogen) atoms. The summed E-state index contributed by atoms with van der Waals surface area (Å²) in [4.78, 5) is 26.6. The molecular weight excluding hydrogens is 390 g/mol. The molecule has 2 N–H and O–H groups in total. The van der Waals surface area contributed by atoms with Crippen LogP contribution in [0.25, 0.3) is 0 Å². The first-order valence-electron chi connectivity index (χ1n) is 10.3. The molecule has 0 aromatic heterocycles. The third-order valence-electron chi connectivity index (χ3n) is 5.06. The van der Waals surface area contributed by atoms with E-state index in [9.17, 15) is 18.0 Å². The first-order chi connectivity index (χ1) is 13.5. The molecule has 1 aliphatic heterocycles. The summed E-state index contributed by atoms with van der Waals surface area (Å²) >= 11 is 0. The Bertz CT molecular complexity index is 813. The number of amides is 2. The van der Waals surface area contributed by atoms with Crippen molar-refractivity contribution in [3.8, 4) is 0 Å². The molecule has 1 fully saturated rings. The zero-order valence-electron chi connectivity index (χ0n) is 17.8. The lowest BCUT2D eigenvalue weighted by Gasteiger charge is -2.31. The molecular formula is C21H33N3O4S. The number of likely N-dealkylation sites (tertiary alicyclic amines) is 1. The Labute approximate surface area is 174 Å². The molecule has 0 aliphatic carbocycles. The van der Waals surface area contributed by atoms with Gasteiger partial charge in [-0.3, -0.25) is 9.59 Å². The van der Waals surface area contributed by atoms with Gasteiger partial charge < -0.3 is 10.2 Å². The molecule has 1 heterocycles. The quantitative estimate of drug-likeness (QED) is 0.597. The first kappa shape index (κ1) is 23.3. The zero-order chi connectivity index (χ0) is 21.7. The van der Waals surface area contributed by atoms with Crippen molar-refractivity contribution in [3.05, 3.63) is 24.3 Å². The zero-order valence-corrected chi connectivity index (χ0v) is 18.6. The van der Waals surface area contributed by atoms with Gasteiger partial charge >= 0.3 is 0 Å². The minimum atomic E-state index is -3.55. The second-order valence-corrected chi connectivity index (χ2v) is 10.3. The van der Waals surface area contributed by atoms with Crippen molar-refractivity contribution >= 4 is 27.5 Å². The van der Waals surface area contributed by atoms with E-state index in [0.717, 1.165) is 25.7 Å². The number of anilines is 1. The maximum absolute atomic E-state index is 12.5. The number of hydrogen-bond acceptors (Lipinski definition) is 4. The molecule has 1 unspecified atom stereocenters. The number of nitrogens with one attached hydrogen (secondary N) is 2. The summed E-state index contributed by atoms with van der Waals surface area (Å²) in [5, 5.41) is 2.79. The Morgan fingerprint density at radius 1 is 1.14 bits per heavy atom. The van der Waals surface area contributed by atoms with Crippen molar-refractivity contribution in [2.75, 3.05) is 18.4 Å². The van der Waals surface area contributed by atoms with Crippen molar-refractivity contribution in [2.24, 2.45) is 5.92 Å². The summed E-state index contributed by atoms with van der Waals surface area (Å²) in [5.74, 6) is -0.659. The van der Waals surface area contributed by atoms with Crippen LogP contribution < -0.4 is 10.0 Å². The average molecular weight is 424 g/mol. The Balaban J connectivity index is 1.92. The van der Waals surface area contributed by atoms with Crippen LogP contribution in [0.4, 0.5) is 5.69 Å². The van der Waals surface area contributed by atoms with Gasteiger partial charge in [-0.15, -0.1) is 0 Å². The topological polar surface area (TPSA) is 95.6 Å². The smallest absolute Gasteiger partial charge is 0.240 e. The number of sulfonamides is 1. The second-order valence-electron chi connectivity index (χ2n) is 8.55. The molecule has 0 saturated carbocycles. The van der Waals surface area contributed by atoms with Gasteiger partial charge in [0.15, 0.2) is 0 Å². The van der Waals surface area contributed by atoms with E-state index in [-0.39, 0.29) is 28.7 Å². The predicted molar refractivity (Wildman–Crippen MR) is 114 cm³/mol. The van der Waals surface area contributed by atoms with Crippen LogP contribution in [-0.2, 0) is 19.6 Å². The van der Waals surface area contributed by atoms with Gasteiger partial charge in [0.1, 0.15) is 0 Å². The van der Waals surface area contributed by atoms with Crippen LogP contribution >= 0.6 is 0 Å². The van der Waals surface area contributed by atoms with E-state index >= 15 is 0 Å². The van der Waals surface area contributed by atoms with Crippen molar-refractivity contribution in [1.82, 2.24) is 9.62 Å². The minimum absolute atomic E-state index is 0.0240. The van der Waals surface area contributed by atoms with Crippen LogP contribution in [-0.4, -0.2) is 43.8 Å². The molecule has 1 atom stereocenters. The fraction of sp³-hybridized carbons (Fsp3) is 0.619. The minimum Gasteiger partial charge on any atom is -0.337 e. The molecule has 1 saturated heterocycles. The van der Waals surface area contributed by atoms with Gasteiger partial charge in [0.2, 0.25) is 21.8 Å². The molecule has 8 heteroatoms. The molecule has 7 nitrogen and oxygen atoms in total. The van der Waals surface area contributed by atoms with Crippen LogP contribution in [0.5, 0.6) is 0 Å². The number of rotatable bonds is 9. The SMILES string of the molecule is CCCCCCNS(=O)(=O)c1ccc(NC(=O)C2CC(=O)N(C(C)(C)C)C2)cc1. The van der Waals surface area contributed by atoms with E-state index in [2.05, 4.69) is 17.0 Å². The van der Waals surface area contributed by atoms with Gasteiger partial charge in [-0.05, 0) is 51.5 Å². The van der Waals surface area contributed by atoms with Crippen molar-refractivity contribution in [1.29, 1.82) is 0 Å². The highest BCUT2D eigenvalue weighted by Crippen LogP contribution is 2.27. The van der Waals surface area contributed by atoms with Gasteiger partial charge in [-0.25, -0.2) is 13.1 Å². The lowest BCUT2D eigenvalue weighted by molar-refractivity contribution is -0.131. The molecule has 0 spiro atoms. The maximum atomic E-state index is 12.5. The van der Waals surface area contributed by atoms with Gasteiger partial charge in [-0.1, -0.05) is 26.2 Å². The lowest BCUT2D eigenvalue weighted by Crippen LogP contribution is -2.42. The summed E-state index contributed by atoms with van der Waals surface area (Å²) < 4.78 is 27.3. The van der Waals surface area contributed by atoms with Gasteiger partial charge in [0.25, 0.3) is 0 Å². The lowest BCUT2D eigenvalue weighted by atomic mass is 10.1. The third-order valence-corrected chi connectivity index (χ3v) is 6.54. The fourth-order valence-corrected chi connectivity index (χ4v) is 4.41. The number of hydrogen-bond donors (Lipinski definition) is 2. The Morgan fingerprint density at radius 2 is 1.79 bits per heavy atom. The molecule has 1 aromatic carbocycles. The molecule has 1 aliphatic rings. The standard InChI is InChI=1S/C21H33N3O4S/c1-5-6-7-8-13-22-29(27,28)18-11-9-17(10-12-18)23-20(26)16-14-19(25)24(15-16)21(2,3)4/h9-12,16,22H,5-8,13-15H2,1-4H3,(H,23,26). The van der Waals surface area contributed by atoms with Crippen molar-refractivity contribution in [2.45, 2.75) is 70.2 Å². The number of carbonyl (C=O) groups is 2. The van der Waals surface area contributed by atoms with Gasteiger partial charge in [0.05, 0.1) is 10.8 Å². The van der Waals surface area contributed by atoms with Crippen LogP contribution in [0.2, 0.25) is 0 Å². The number of carbonyl (C=O) groups excluding carboxylic acids is 2. The van der Waals surface area contributed by atoms with Gasteiger partial charge in [0, 0.05) is 30.7 Å². The highest BCUT2D eigenvalue weighted by molar-refractivity contribution is 7.89. The van der Waals surface area contributed by atoms with Crippen LogP contribution in [0.15, 0.2) is 29.2 Å². The van der Waals surface area contributed by atoms with E-state index in [1.165, 1.54) is 12.1 Å².